The summed E-state index contributed by atoms with van der Waals surface area (Å²) in [6.45, 7) is 2.03. The van der Waals surface area contributed by atoms with E-state index in [1.165, 1.54) is 0 Å². The van der Waals surface area contributed by atoms with Crippen molar-refractivity contribution in [3.05, 3.63) is 27.3 Å². The third-order valence-corrected chi connectivity index (χ3v) is 2.90. The van der Waals surface area contributed by atoms with Crippen LogP contribution in [0.25, 0.3) is 10.9 Å². The van der Waals surface area contributed by atoms with Gasteiger partial charge in [-0.2, -0.15) is 5.10 Å². The number of aryl methyl sites for hydroxylation is 2. The predicted octanol–water partition coefficient (Wildman–Crippen LogP) is 3.30. The van der Waals surface area contributed by atoms with E-state index in [4.69, 9.17) is 11.6 Å². The Morgan fingerprint density at radius 2 is 2.15 bits per heavy atom. The van der Waals surface area contributed by atoms with Crippen LogP contribution in [-0.2, 0) is 7.05 Å². The fourth-order valence-electron chi connectivity index (χ4n) is 1.34. The number of rotatable bonds is 0. The van der Waals surface area contributed by atoms with Crippen LogP contribution in [0.15, 0.2) is 16.6 Å². The van der Waals surface area contributed by atoms with Gasteiger partial charge in [-0.1, -0.05) is 27.5 Å². The van der Waals surface area contributed by atoms with Crippen molar-refractivity contribution in [2.24, 2.45) is 7.05 Å². The average Bonchev–Trinajstić information content (AvgIpc) is 2.32. The average molecular weight is 260 g/mol. The van der Waals surface area contributed by atoms with Crippen LogP contribution in [0.3, 0.4) is 0 Å². The molecule has 0 bridgehead atoms. The van der Waals surface area contributed by atoms with Gasteiger partial charge in [0.05, 0.1) is 5.02 Å². The lowest BCUT2D eigenvalue weighted by Crippen LogP contribution is -1.91. The van der Waals surface area contributed by atoms with E-state index in [9.17, 15) is 0 Å². The molecular weight excluding hydrogens is 251 g/mol. The highest BCUT2D eigenvalue weighted by atomic mass is 79.9. The molecule has 1 heterocycles. The number of fused-ring (bicyclic) bond motifs is 1. The summed E-state index contributed by atoms with van der Waals surface area (Å²) < 4.78 is 2.82. The van der Waals surface area contributed by atoms with Crippen LogP contribution in [0.5, 0.6) is 0 Å². The van der Waals surface area contributed by atoms with E-state index in [1.807, 2.05) is 30.8 Å². The van der Waals surface area contributed by atoms with Gasteiger partial charge in [0.2, 0.25) is 0 Å². The van der Waals surface area contributed by atoms with Crippen molar-refractivity contribution >= 4 is 38.4 Å². The summed E-state index contributed by atoms with van der Waals surface area (Å²) in [7, 11) is 1.92. The minimum Gasteiger partial charge on any atom is -0.272 e. The monoisotopic (exact) mass is 258 g/mol. The molecule has 68 valence electrons. The van der Waals surface area contributed by atoms with Crippen molar-refractivity contribution in [1.29, 1.82) is 0 Å². The molecule has 1 aromatic carbocycles. The van der Waals surface area contributed by atoms with Crippen LogP contribution in [-0.4, -0.2) is 9.78 Å². The molecule has 2 aromatic rings. The molecule has 0 N–H and O–H groups in total. The third-order valence-electron chi connectivity index (χ3n) is 2.15. The van der Waals surface area contributed by atoms with Gasteiger partial charge in [-0.3, -0.25) is 4.68 Å². The minimum atomic E-state index is 0.688. The molecule has 0 spiro atoms. The Hall–Kier alpha value is -0.540. The first kappa shape index (κ1) is 9.03. The second-order valence-electron chi connectivity index (χ2n) is 2.99. The number of hydrogen-bond donors (Lipinski definition) is 0. The van der Waals surface area contributed by atoms with E-state index in [0.717, 1.165) is 21.1 Å². The van der Waals surface area contributed by atoms with E-state index in [2.05, 4.69) is 21.0 Å². The van der Waals surface area contributed by atoms with Gasteiger partial charge in [-0.05, 0) is 19.1 Å². The Morgan fingerprint density at radius 1 is 1.46 bits per heavy atom. The Bertz CT molecular complexity index is 476. The van der Waals surface area contributed by atoms with Crippen LogP contribution in [0.2, 0.25) is 5.02 Å². The van der Waals surface area contributed by atoms with Gasteiger partial charge in [0.25, 0.3) is 0 Å². The molecule has 0 amide bonds. The van der Waals surface area contributed by atoms with Gasteiger partial charge >= 0.3 is 0 Å². The molecule has 0 radical (unpaired) electrons. The number of nitrogens with zero attached hydrogens (tertiary/aromatic N) is 2. The number of aromatic nitrogens is 2. The fraction of sp³-hybridized carbons (Fsp3) is 0.222. The molecule has 1 aromatic heterocycles. The second-order valence-corrected chi connectivity index (χ2v) is 4.32. The predicted molar refractivity (Wildman–Crippen MR) is 58.2 cm³/mol. The minimum absolute atomic E-state index is 0.688. The zero-order chi connectivity index (χ0) is 9.59. The second kappa shape index (κ2) is 3.00. The van der Waals surface area contributed by atoms with E-state index >= 15 is 0 Å². The molecule has 2 nitrogen and oxygen atoms in total. The van der Waals surface area contributed by atoms with Crippen LogP contribution >= 0.6 is 27.5 Å². The first-order valence-corrected chi connectivity index (χ1v) is 5.05. The van der Waals surface area contributed by atoms with Gasteiger partial charge in [-0.25, -0.2) is 0 Å². The molecule has 0 aliphatic rings. The fourth-order valence-corrected chi connectivity index (χ4v) is 2.19. The van der Waals surface area contributed by atoms with Crippen LogP contribution < -0.4 is 0 Å². The van der Waals surface area contributed by atoms with Gasteiger partial charge in [-0.15, -0.1) is 0 Å². The molecule has 4 heteroatoms. The molecule has 2 rings (SSSR count). The van der Waals surface area contributed by atoms with E-state index in [-0.39, 0.29) is 0 Å². The SMILES string of the molecule is Cc1c2cc(Br)cc(Cl)c2nn1C. The van der Waals surface area contributed by atoms with Crippen molar-refractivity contribution in [1.82, 2.24) is 9.78 Å². The summed E-state index contributed by atoms with van der Waals surface area (Å²) in [4.78, 5) is 0. The van der Waals surface area contributed by atoms with Crippen molar-refractivity contribution < 1.29 is 0 Å². The van der Waals surface area contributed by atoms with Gasteiger partial charge in [0.1, 0.15) is 5.52 Å². The molecule has 0 saturated heterocycles. The topological polar surface area (TPSA) is 17.8 Å². The molecule has 0 unspecified atom stereocenters. The van der Waals surface area contributed by atoms with Gasteiger partial charge < -0.3 is 0 Å². The summed E-state index contributed by atoms with van der Waals surface area (Å²) in [6.07, 6.45) is 0. The van der Waals surface area contributed by atoms with E-state index in [1.54, 1.807) is 0 Å². The smallest absolute Gasteiger partial charge is 0.111 e. The highest BCUT2D eigenvalue weighted by Crippen LogP contribution is 2.28. The Balaban J connectivity index is 2.94. The third kappa shape index (κ3) is 1.36. The molecule has 0 saturated carbocycles. The first-order valence-electron chi connectivity index (χ1n) is 3.88. The normalized spacial score (nSPS) is 11.1. The van der Waals surface area contributed by atoms with Crippen LogP contribution in [0.1, 0.15) is 5.69 Å². The van der Waals surface area contributed by atoms with Gasteiger partial charge in [0, 0.05) is 22.6 Å². The Morgan fingerprint density at radius 3 is 2.85 bits per heavy atom. The zero-order valence-electron chi connectivity index (χ0n) is 7.31. The van der Waals surface area contributed by atoms with E-state index in [0.29, 0.717) is 5.02 Å². The zero-order valence-corrected chi connectivity index (χ0v) is 9.65. The highest BCUT2D eigenvalue weighted by molar-refractivity contribution is 9.10. The largest absolute Gasteiger partial charge is 0.272 e. The summed E-state index contributed by atoms with van der Waals surface area (Å²) >= 11 is 9.45. The number of benzene rings is 1. The summed E-state index contributed by atoms with van der Waals surface area (Å²) in [6, 6.07) is 3.89. The Kier molecular flexibility index (Phi) is 2.08. The van der Waals surface area contributed by atoms with E-state index < -0.39 is 0 Å². The molecule has 0 fully saturated rings. The number of halogens is 2. The first-order chi connectivity index (χ1) is 6.09. The lowest BCUT2D eigenvalue weighted by molar-refractivity contribution is 0.751. The van der Waals surface area contributed by atoms with Crippen molar-refractivity contribution in [3.8, 4) is 0 Å². The van der Waals surface area contributed by atoms with Crippen molar-refractivity contribution in [2.45, 2.75) is 6.92 Å². The summed E-state index contributed by atoms with van der Waals surface area (Å²) in [5.41, 5.74) is 1.99. The quantitative estimate of drug-likeness (QED) is 0.710. The van der Waals surface area contributed by atoms with Crippen LogP contribution in [0, 0.1) is 6.92 Å². The van der Waals surface area contributed by atoms with Crippen molar-refractivity contribution in [2.75, 3.05) is 0 Å². The standard InChI is InChI=1S/C9H8BrClN2/c1-5-7-3-6(10)4-8(11)9(7)12-13(5)2/h3-4H,1-2H3. The maximum absolute atomic E-state index is 6.04. The van der Waals surface area contributed by atoms with Gasteiger partial charge in [0.15, 0.2) is 0 Å². The van der Waals surface area contributed by atoms with Crippen molar-refractivity contribution in [3.63, 3.8) is 0 Å². The lowest BCUT2D eigenvalue weighted by atomic mass is 10.2. The molecular formula is C9H8BrClN2. The Labute approximate surface area is 89.6 Å². The summed E-state index contributed by atoms with van der Waals surface area (Å²) in [5, 5.41) is 6.10. The maximum Gasteiger partial charge on any atom is 0.111 e. The van der Waals surface area contributed by atoms with Crippen LogP contribution in [0.4, 0.5) is 0 Å². The summed E-state index contributed by atoms with van der Waals surface area (Å²) in [5.74, 6) is 0. The number of hydrogen-bond acceptors (Lipinski definition) is 1. The molecule has 13 heavy (non-hydrogen) atoms. The molecule has 0 aliphatic heterocycles. The highest BCUT2D eigenvalue weighted by Gasteiger charge is 2.08. The maximum atomic E-state index is 6.04. The molecule has 0 aliphatic carbocycles. The molecule has 0 atom stereocenters. The lowest BCUT2D eigenvalue weighted by Gasteiger charge is -1.94.